The number of amides is 2. The molecule has 0 bridgehead atoms. The molecule has 134 valence electrons. The van der Waals surface area contributed by atoms with Gasteiger partial charge in [0.15, 0.2) is 0 Å². The number of aliphatic hydroxyl groups excluding tert-OH is 1. The van der Waals surface area contributed by atoms with Gasteiger partial charge in [0.2, 0.25) is 0 Å². The normalized spacial score (nSPS) is 17.5. The van der Waals surface area contributed by atoms with Crippen LogP contribution in [-0.2, 0) is 0 Å². The molecule has 7 heteroatoms. The van der Waals surface area contributed by atoms with Crippen molar-refractivity contribution in [2.45, 2.75) is 13.0 Å². The second-order valence-corrected chi connectivity index (χ2v) is 6.53. The number of anilines is 1. The third-order valence-electron chi connectivity index (χ3n) is 4.34. The lowest BCUT2D eigenvalue weighted by atomic mass is 10.2. The molecule has 0 spiro atoms. The van der Waals surface area contributed by atoms with Crippen LogP contribution in [0.2, 0.25) is 0 Å². The van der Waals surface area contributed by atoms with Gasteiger partial charge >= 0.3 is 6.03 Å². The maximum absolute atomic E-state index is 13.3. The zero-order valence-corrected chi connectivity index (χ0v) is 14.6. The lowest BCUT2D eigenvalue weighted by Gasteiger charge is -2.34. The van der Waals surface area contributed by atoms with Crippen molar-refractivity contribution in [3.8, 4) is 0 Å². The quantitative estimate of drug-likeness (QED) is 0.847. The van der Waals surface area contributed by atoms with Gasteiger partial charge < -0.3 is 20.2 Å². The fraction of sp³-hybridized carbons (Fsp3) is 0.588. The number of piperazine rings is 1. The van der Waals surface area contributed by atoms with Gasteiger partial charge in [-0.15, -0.1) is 0 Å². The van der Waals surface area contributed by atoms with E-state index in [0.29, 0.717) is 12.2 Å². The number of carbonyl (C=O) groups excluding carboxylic acids is 1. The lowest BCUT2D eigenvalue weighted by Crippen LogP contribution is -2.49. The first-order chi connectivity index (χ1) is 11.3. The molecular formula is C17H27FN4O2. The minimum atomic E-state index is -0.613. The summed E-state index contributed by atoms with van der Waals surface area (Å²) in [5.41, 5.74) is 1.23. The summed E-state index contributed by atoms with van der Waals surface area (Å²) < 4.78 is 13.3. The molecule has 0 radical (unpaired) electrons. The fourth-order valence-electron chi connectivity index (χ4n) is 2.72. The van der Waals surface area contributed by atoms with Crippen LogP contribution in [-0.4, -0.2) is 85.3 Å². The molecule has 1 aliphatic rings. The predicted molar refractivity (Wildman–Crippen MR) is 92.7 cm³/mol. The van der Waals surface area contributed by atoms with Crippen LogP contribution in [0.4, 0.5) is 14.9 Å². The van der Waals surface area contributed by atoms with Crippen LogP contribution >= 0.6 is 0 Å². The summed E-state index contributed by atoms with van der Waals surface area (Å²) >= 11 is 0. The van der Waals surface area contributed by atoms with Gasteiger partial charge in [-0.1, -0.05) is 6.07 Å². The summed E-state index contributed by atoms with van der Waals surface area (Å²) in [7, 11) is 3.71. The number of likely N-dealkylation sites (N-methyl/N-ethyl adjacent to an activating group) is 2. The summed E-state index contributed by atoms with van der Waals surface area (Å²) in [6.07, 6.45) is -0.613. The first kappa shape index (κ1) is 18.6. The van der Waals surface area contributed by atoms with Crippen LogP contribution in [0.3, 0.4) is 0 Å². The van der Waals surface area contributed by atoms with E-state index in [9.17, 15) is 14.3 Å². The van der Waals surface area contributed by atoms with Crippen LogP contribution in [0.15, 0.2) is 18.2 Å². The molecule has 0 aliphatic carbocycles. The molecule has 0 saturated carbocycles. The second kappa shape index (κ2) is 8.41. The van der Waals surface area contributed by atoms with E-state index in [4.69, 9.17) is 0 Å². The first-order valence-corrected chi connectivity index (χ1v) is 8.22. The Balaban J connectivity index is 1.81. The van der Waals surface area contributed by atoms with Crippen molar-refractivity contribution in [2.24, 2.45) is 0 Å². The fourth-order valence-corrected chi connectivity index (χ4v) is 2.72. The van der Waals surface area contributed by atoms with Crippen LogP contribution in [0.1, 0.15) is 5.56 Å². The van der Waals surface area contributed by atoms with Gasteiger partial charge in [-0.25, -0.2) is 9.18 Å². The number of aryl methyl sites for hydroxylation is 1. The minimum absolute atomic E-state index is 0.229. The smallest absolute Gasteiger partial charge is 0.321 e. The van der Waals surface area contributed by atoms with Gasteiger partial charge in [0.05, 0.1) is 6.10 Å². The van der Waals surface area contributed by atoms with Crippen molar-refractivity contribution in [3.05, 3.63) is 29.6 Å². The Labute approximate surface area is 142 Å². The molecule has 0 unspecified atom stereocenters. The molecule has 2 rings (SSSR count). The highest BCUT2D eigenvalue weighted by Crippen LogP contribution is 2.16. The average Bonchev–Trinajstić information content (AvgIpc) is 2.53. The Hall–Kier alpha value is -1.70. The van der Waals surface area contributed by atoms with Crippen molar-refractivity contribution >= 4 is 11.7 Å². The molecule has 1 heterocycles. The van der Waals surface area contributed by atoms with Crippen molar-refractivity contribution < 1.29 is 14.3 Å². The van der Waals surface area contributed by atoms with E-state index < -0.39 is 11.9 Å². The molecule has 1 aromatic carbocycles. The number of urea groups is 1. The third kappa shape index (κ3) is 5.43. The number of nitrogens with one attached hydrogen (secondary N) is 1. The largest absolute Gasteiger partial charge is 0.390 e. The Morgan fingerprint density at radius 1 is 1.38 bits per heavy atom. The molecule has 0 aromatic heterocycles. The van der Waals surface area contributed by atoms with E-state index in [0.717, 1.165) is 31.7 Å². The molecule has 24 heavy (non-hydrogen) atoms. The molecule has 1 atom stereocenters. The highest BCUT2D eigenvalue weighted by molar-refractivity contribution is 5.89. The number of benzene rings is 1. The SMILES string of the molecule is Cc1ccc(F)cc1NC(=O)N(C)C[C@H](O)CN1CCN(C)CC1. The molecule has 1 aliphatic heterocycles. The molecule has 1 aromatic rings. The molecule has 1 fully saturated rings. The van der Waals surface area contributed by atoms with Crippen LogP contribution < -0.4 is 5.32 Å². The molecule has 2 amide bonds. The van der Waals surface area contributed by atoms with Crippen LogP contribution in [0, 0.1) is 12.7 Å². The number of rotatable bonds is 5. The van der Waals surface area contributed by atoms with Crippen molar-refractivity contribution in [1.82, 2.24) is 14.7 Å². The van der Waals surface area contributed by atoms with Gasteiger partial charge in [0.1, 0.15) is 5.82 Å². The zero-order valence-electron chi connectivity index (χ0n) is 14.6. The number of hydrogen-bond acceptors (Lipinski definition) is 4. The predicted octanol–water partition coefficient (Wildman–Crippen LogP) is 1.21. The second-order valence-electron chi connectivity index (χ2n) is 6.53. The van der Waals surface area contributed by atoms with Gasteiger partial charge in [-0.3, -0.25) is 4.90 Å². The lowest BCUT2D eigenvalue weighted by molar-refractivity contribution is 0.0670. The van der Waals surface area contributed by atoms with Gasteiger partial charge in [-0.2, -0.15) is 0 Å². The topological polar surface area (TPSA) is 59.1 Å². The van der Waals surface area contributed by atoms with Crippen molar-refractivity contribution in [3.63, 3.8) is 0 Å². The number of nitrogens with zero attached hydrogens (tertiary/aromatic N) is 3. The van der Waals surface area contributed by atoms with Crippen molar-refractivity contribution in [2.75, 3.05) is 58.7 Å². The van der Waals surface area contributed by atoms with E-state index in [1.807, 2.05) is 0 Å². The number of hydrogen-bond donors (Lipinski definition) is 2. The molecular weight excluding hydrogens is 311 g/mol. The maximum atomic E-state index is 13.3. The summed E-state index contributed by atoms with van der Waals surface area (Å²) in [5, 5.41) is 12.9. The van der Waals surface area contributed by atoms with Crippen molar-refractivity contribution in [1.29, 1.82) is 0 Å². The van der Waals surface area contributed by atoms with Crippen LogP contribution in [0.25, 0.3) is 0 Å². The Kier molecular flexibility index (Phi) is 6.53. The van der Waals surface area contributed by atoms with E-state index in [-0.39, 0.29) is 12.6 Å². The molecule has 1 saturated heterocycles. The standard InChI is InChI=1S/C17H27FN4O2/c1-13-4-5-14(18)10-16(13)19-17(24)21(3)11-15(23)12-22-8-6-20(2)7-9-22/h4-5,10,15,23H,6-9,11-12H2,1-3H3,(H,19,24)/t15-/m0/s1. The summed E-state index contributed by atoms with van der Waals surface area (Å²) in [5.74, 6) is -0.395. The Morgan fingerprint density at radius 2 is 2.04 bits per heavy atom. The number of β-amino-alcohol motifs (C(OH)–C–C–N with tert-alkyl or cyclic N) is 1. The monoisotopic (exact) mass is 338 g/mol. The average molecular weight is 338 g/mol. The third-order valence-corrected chi connectivity index (χ3v) is 4.34. The molecule has 2 N–H and O–H groups in total. The van der Waals surface area contributed by atoms with E-state index in [1.54, 1.807) is 20.0 Å². The van der Waals surface area contributed by atoms with E-state index in [1.165, 1.54) is 17.0 Å². The highest BCUT2D eigenvalue weighted by Gasteiger charge is 2.20. The van der Waals surface area contributed by atoms with Gasteiger partial charge in [0, 0.05) is 52.0 Å². The van der Waals surface area contributed by atoms with E-state index >= 15 is 0 Å². The Morgan fingerprint density at radius 3 is 2.71 bits per heavy atom. The summed E-state index contributed by atoms with van der Waals surface area (Å²) in [6.45, 7) is 6.40. The summed E-state index contributed by atoms with van der Waals surface area (Å²) in [4.78, 5) is 18.1. The Bertz CT molecular complexity index is 562. The maximum Gasteiger partial charge on any atom is 0.321 e. The molecule has 6 nitrogen and oxygen atoms in total. The van der Waals surface area contributed by atoms with Gasteiger partial charge in [0.25, 0.3) is 0 Å². The minimum Gasteiger partial charge on any atom is -0.390 e. The first-order valence-electron chi connectivity index (χ1n) is 8.22. The summed E-state index contributed by atoms with van der Waals surface area (Å²) in [6, 6.07) is 3.91. The highest BCUT2D eigenvalue weighted by atomic mass is 19.1. The van der Waals surface area contributed by atoms with E-state index in [2.05, 4.69) is 22.2 Å². The number of aliphatic hydroxyl groups is 1. The number of carbonyl (C=O) groups is 1. The van der Waals surface area contributed by atoms with Crippen LogP contribution in [0.5, 0.6) is 0 Å². The zero-order chi connectivity index (χ0) is 17.7. The number of halogens is 1. The van der Waals surface area contributed by atoms with Gasteiger partial charge in [-0.05, 0) is 31.7 Å².